The molecule has 0 unspecified atom stereocenters. The van der Waals surface area contributed by atoms with Gasteiger partial charge in [0.2, 0.25) is 0 Å². The molecule has 0 heterocycles. The predicted molar refractivity (Wildman–Crippen MR) is 83.3 cm³/mol. The van der Waals surface area contributed by atoms with Crippen LogP contribution >= 0.6 is 23.2 Å². The van der Waals surface area contributed by atoms with Crippen molar-refractivity contribution in [3.8, 4) is 0 Å². The van der Waals surface area contributed by atoms with E-state index in [1.807, 2.05) is 20.8 Å². The lowest BCUT2D eigenvalue weighted by Crippen LogP contribution is -2.29. The average molecular weight is 332 g/mol. The molecular weight excluding hydrogens is 313 g/mol. The van der Waals surface area contributed by atoms with Crippen molar-refractivity contribution in [3.63, 3.8) is 0 Å². The van der Waals surface area contributed by atoms with Crippen molar-refractivity contribution in [1.82, 2.24) is 5.32 Å². The zero-order valence-corrected chi connectivity index (χ0v) is 13.8. The Hall–Kier alpha value is -1.26. The molecule has 1 N–H and O–H groups in total. The largest absolute Gasteiger partial charge is 0.456 e. The average Bonchev–Trinajstić information content (AvgIpc) is 2.33. The van der Waals surface area contributed by atoms with Crippen LogP contribution in [0, 0.1) is 5.41 Å². The summed E-state index contributed by atoms with van der Waals surface area (Å²) >= 11 is 11.8. The van der Waals surface area contributed by atoms with Gasteiger partial charge in [0.1, 0.15) is 0 Å². The number of ether oxygens (including phenoxy) is 1. The first-order valence-electron chi connectivity index (χ1n) is 6.53. The van der Waals surface area contributed by atoms with E-state index >= 15 is 0 Å². The van der Waals surface area contributed by atoms with Crippen LogP contribution in [0.5, 0.6) is 0 Å². The summed E-state index contributed by atoms with van der Waals surface area (Å²) in [5, 5.41) is 3.65. The van der Waals surface area contributed by atoms with Gasteiger partial charge in [-0.15, -0.1) is 0 Å². The Morgan fingerprint density at radius 2 is 1.90 bits per heavy atom. The molecular formula is C15H19Cl2NO3. The van der Waals surface area contributed by atoms with E-state index in [4.69, 9.17) is 27.9 Å². The third-order valence-corrected chi connectivity index (χ3v) is 3.12. The van der Waals surface area contributed by atoms with Crippen molar-refractivity contribution in [3.05, 3.63) is 33.8 Å². The van der Waals surface area contributed by atoms with E-state index < -0.39 is 0 Å². The van der Waals surface area contributed by atoms with Crippen molar-refractivity contribution in [1.29, 1.82) is 0 Å². The Kier molecular flexibility index (Phi) is 6.49. The molecule has 0 aliphatic heterocycles. The summed E-state index contributed by atoms with van der Waals surface area (Å²) in [5.74, 6) is -0.759. The normalized spacial score (nSPS) is 11.1. The van der Waals surface area contributed by atoms with Gasteiger partial charge in [-0.3, -0.25) is 9.59 Å². The van der Waals surface area contributed by atoms with Crippen LogP contribution < -0.4 is 5.32 Å². The zero-order chi connectivity index (χ0) is 16.0. The predicted octanol–water partition coefficient (Wildman–Crippen LogP) is 3.59. The highest BCUT2D eigenvalue weighted by Crippen LogP contribution is 2.21. The fraction of sp³-hybridized carbons (Fsp3) is 0.467. The third kappa shape index (κ3) is 7.34. The number of nitrogens with one attached hydrogen (secondary N) is 1. The van der Waals surface area contributed by atoms with E-state index in [2.05, 4.69) is 5.32 Å². The van der Waals surface area contributed by atoms with Crippen LogP contribution in [0.25, 0.3) is 0 Å². The second-order valence-electron chi connectivity index (χ2n) is 5.91. The topological polar surface area (TPSA) is 55.4 Å². The first-order valence-corrected chi connectivity index (χ1v) is 7.29. The van der Waals surface area contributed by atoms with Crippen LogP contribution in [-0.4, -0.2) is 18.5 Å². The lowest BCUT2D eigenvalue weighted by molar-refractivity contribution is -0.150. The first kappa shape index (κ1) is 17.8. The Balaban J connectivity index is 2.36. The number of halogens is 2. The van der Waals surface area contributed by atoms with Gasteiger partial charge in [0.15, 0.2) is 6.61 Å². The summed E-state index contributed by atoms with van der Waals surface area (Å²) in [6.07, 6.45) is 0.267. The summed E-state index contributed by atoms with van der Waals surface area (Å²) in [7, 11) is 0. The third-order valence-electron chi connectivity index (χ3n) is 2.53. The Labute approximate surface area is 134 Å². The number of carbonyl (C=O) groups excluding carboxylic acids is 2. The molecule has 6 heteroatoms. The Bertz CT molecular complexity index is 524. The van der Waals surface area contributed by atoms with Crippen molar-refractivity contribution in [2.45, 2.75) is 33.7 Å². The van der Waals surface area contributed by atoms with Gasteiger partial charge in [-0.1, -0.05) is 50.0 Å². The van der Waals surface area contributed by atoms with Crippen molar-refractivity contribution < 1.29 is 14.3 Å². The van der Waals surface area contributed by atoms with Crippen LogP contribution in [0.4, 0.5) is 0 Å². The highest BCUT2D eigenvalue weighted by Gasteiger charge is 2.17. The van der Waals surface area contributed by atoms with E-state index in [-0.39, 0.29) is 36.9 Å². The van der Waals surface area contributed by atoms with Gasteiger partial charge in [0.05, 0.1) is 6.42 Å². The maximum atomic E-state index is 11.6. The molecule has 0 saturated carbocycles. The van der Waals surface area contributed by atoms with E-state index in [0.717, 1.165) is 5.56 Å². The summed E-state index contributed by atoms with van der Waals surface area (Å²) in [4.78, 5) is 23.1. The minimum absolute atomic E-state index is 0.162. The molecule has 0 atom stereocenters. The van der Waals surface area contributed by atoms with Gasteiger partial charge in [-0.2, -0.15) is 0 Å². The number of esters is 1. The second-order valence-corrected chi connectivity index (χ2v) is 6.75. The quantitative estimate of drug-likeness (QED) is 0.839. The summed E-state index contributed by atoms with van der Waals surface area (Å²) in [6, 6.07) is 5.03. The van der Waals surface area contributed by atoms with Crippen molar-refractivity contribution in [2.24, 2.45) is 5.41 Å². The smallest absolute Gasteiger partial charge is 0.306 e. The Morgan fingerprint density at radius 3 is 2.48 bits per heavy atom. The van der Waals surface area contributed by atoms with Gasteiger partial charge >= 0.3 is 5.97 Å². The molecule has 21 heavy (non-hydrogen) atoms. The molecule has 1 amide bonds. The van der Waals surface area contributed by atoms with Gasteiger partial charge in [-0.05, 0) is 23.1 Å². The lowest BCUT2D eigenvalue weighted by Gasteiger charge is -2.16. The SMILES string of the molecule is CC(C)(C)CC(=O)OCC(=O)NCc1ccc(Cl)cc1Cl. The molecule has 0 aliphatic carbocycles. The lowest BCUT2D eigenvalue weighted by atomic mass is 9.93. The Morgan fingerprint density at radius 1 is 1.24 bits per heavy atom. The number of carbonyl (C=O) groups is 2. The van der Waals surface area contributed by atoms with Crippen LogP contribution in [0.2, 0.25) is 10.0 Å². The molecule has 0 bridgehead atoms. The van der Waals surface area contributed by atoms with Crippen LogP contribution in [0.3, 0.4) is 0 Å². The van der Waals surface area contributed by atoms with Gasteiger partial charge in [0.25, 0.3) is 5.91 Å². The molecule has 0 aliphatic rings. The molecule has 1 aromatic carbocycles. The van der Waals surface area contributed by atoms with Crippen molar-refractivity contribution >= 4 is 35.1 Å². The molecule has 0 aromatic heterocycles. The standard InChI is InChI=1S/C15H19Cl2NO3/c1-15(2,3)7-14(20)21-9-13(19)18-8-10-4-5-11(16)6-12(10)17/h4-6H,7-9H2,1-3H3,(H,18,19). The molecule has 1 rings (SSSR count). The van der Waals surface area contributed by atoms with E-state index in [1.54, 1.807) is 18.2 Å². The summed E-state index contributed by atoms with van der Waals surface area (Å²) in [5.41, 5.74) is 0.583. The van der Waals surface area contributed by atoms with Crippen molar-refractivity contribution in [2.75, 3.05) is 6.61 Å². The number of benzene rings is 1. The number of hydrogen-bond acceptors (Lipinski definition) is 3. The fourth-order valence-corrected chi connectivity index (χ4v) is 2.02. The fourth-order valence-electron chi connectivity index (χ4n) is 1.54. The molecule has 0 fully saturated rings. The van der Waals surface area contributed by atoms with Crippen LogP contribution in [0.1, 0.15) is 32.8 Å². The summed E-state index contributed by atoms with van der Waals surface area (Å²) in [6.45, 7) is 5.75. The number of hydrogen-bond donors (Lipinski definition) is 1. The molecule has 1 aromatic rings. The van der Waals surface area contributed by atoms with Gasteiger partial charge < -0.3 is 10.1 Å². The maximum absolute atomic E-state index is 11.6. The second kappa shape index (κ2) is 7.66. The monoisotopic (exact) mass is 331 g/mol. The first-order chi connectivity index (χ1) is 9.67. The summed E-state index contributed by atoms with van der Waals surface area (Å²) < 4.78 is 4.91. The minimum atomic E-state index is -0.387. The molecule has 116 valence electrons. The number of rotatable bonds is 5. The minimum Gasteiger partial charge on any atom is -0.456 e. The van der Waals surface area contributed by atoms with Crippen LogP contribution in [-0.2, 0) is 20.9 Å². The molecule has 0 saturated heterocycles. The van der Waals surface area contributed by atoms with E-state index in [1.165, 1.54) is 0 Å². The van der Waals surface area contributed by atoms with Crippen LogP contribution in [0.15, 0.2) is 18.2 Å². The number of amides is 1. The molecule has 0 radical (unpaired) electrons. The van der Waals surface area contributed by atoms with Gasteiger partial charge in [0, 0.05) is 16.6 Å². The highest BCUT2D eigenvalue weighted by atomic mass is 35.5. The van der Waals surface area contributed by atoms with Gasteiger partial charge in [-0.25, -0.2) is 0 Å². The highest BCUT2D eigenvalue weighted by molar-refractivity contribution is 6.35. The maximum Gasteiger partial charge on any atom is 0.306 e. The zero-order valence-electron chi connectivity index (χ0n) is 12.3. The van der Waals surface area contributed by atoms with E-state index in [9.17, 15) is 9.59 Å². The van der Waals surface area contributed by atoms with E-state index in [0.29, 0.717) is 10.0 Å². The molecule has 0 spiro atoms. The molecule has 4 nitrogen and oxygen atoms in total.